The Labute approximate surface area is 139 Å². The average molecular weight is 326 g/mol. The summed E-state index contributed by atoms with van der Waals surface area (Å²) in [6, 6.07) is 10.4. The first kappa shape index (κ1) is 18.9. The molecule has 1 fully saturated rings. The molecule has 4 nitrogen and oxygen atoms in total. The molecule has 0 spiro atoms. The second kappa shape index (κ2) is 9.13. The lowest BCUT2D eigenvalue weighted by atomic mass is 9.92. The maximum atomic E-state index is 12.2. The van der Waals surface area contributed by atoms with Crippen LogP contribution in [0, 0.1) is 5.92 Å². The van der Waals surface area contributed by atoms with Gasteiger partial charge in [0.05, 0.1) is 12.6 Å². The smallest absolute Gasteiger partial charge is 0.234 e. The van der Waals surface area contributed by atoms with E-state index >= 15 is 0 Å². The van der Waals surface area contributed by atoms with Gasteiger partial charge in [0, 0.05) is 12.6 Å². The largest absolute Gasteiger partial charge is 0.348 e. The van der Waals surface area contributed by atoms with Crippen LogP contribution in [0.25, 0.3) is 0 Å². The fourth-order valence-electron chi connectivity index (χ4n) is 3.05. The zero-order chi connectivity index (χ0) is 15.2. The number of rotatable bonds is 5. The maximum absolute atomic E-state index is 12.2. The van der Waals surface area contributed by atoms with Crippen LogP contribution in [-0.2, 0) is 4.79 Å². The summed E-state index contributed by atoms with van der Waals surface area (Å²) >= 11 is 0. The second-order valence-corrected chi connectivity index (χ2v) is 6.19. The molecule has 2 rings (SSSR count). The van der Waals surface area contributed by atoms with Crippen molar-refractivity contribution in [3.05, 3.63) is 35.9 Å². The number of likely N-dealkylation sites (tertiary alicyclic amines) is 1. The molecule has 22 heavy (non-hydrogen) atoms. The number of nitrogens with one attached hydrogen (secondary N) is 1. The second-order valence-electron chi connectivity index (χ2n) is 6.19. The van der Waals surface area contributed by atoms with Gasteiger partial charge in [0.2, 0.25) is 5.91 Å². The van der Waals surface area contributed by atoms with Crippen molar-refractivity contribution in [2.24, 2.45) is 11.7 Å². The summed E-state index contributed by atoms with van der Waals surface area (Å²) in [5, 5.41) is 3.08. The first-order chi connectivity index (χ1) is 10.1. The molecule has 3 unspecified atom stereocenters. The molecule has 3 N–H and O–H groups in total. The minimum Gasteiger partial charge on any atom is -0.348 e. The van der Waals surface area contributed by atoms with Crippen LogP contribution in [-0.4, -0.2) is 36.5 Å². The van der Waals surface area contributed by atoms with Gasteiger partial charge in [-0.15, -0.1) is 12.4 Å². The van der Waals surface area contributed by atoms with E-state index in [1.165, 1.54) is 0 Å². The number of carbonyl (C=O) groups is 1. The lowest BCUT2D eigenvalue weighted by Crippen LogP contribution is -2.50. The Balaban J connectivity index is 0.00000242. The number of nitrogens with two attached hydrogens (primary N) is 1. The van der Waals surface area contributed by atoms with Gasteiger partial charge in [-0.25, -0.2) is 0 Å². The van der Waals surface area contributed by atoms with Crippen LogP contribution in [0.2, 0.25) is 0 Å². The van der Waals surface area contributed by atoms with Crippen molar-refractivity contribution in [2.45, 2.75) is 38.8 Å². The van der Waals surface area contributed by atoms with Crippen molar-refractivity contribution in [3.8, 4) is 0 Å². The molecule has 0 aromatic heterocycles. The van der Waals surface area contributed by atoms with Crippen molar-refractivity contribution in [3.63, 3.8) is 0 Å². The molecule has 3 atom stereocenters. The predicted molar refractivity (Wildman–Crippen MR) is 93.1 cm³/mol. The van der Waals surface area contributed by atoms with Crippen LogP contribution in [0.1, 0.15) is 38.3 Å². The van der Waals surface area contributed by atoms with Crippen molar-refractivity contribution in [1.82, 2.24) is 10.2 Å². The Kier molecular flexibility index (Phi) is 7.87. The number of hydrogen-bond donors (Lipinski definition) is 2. The van der Waals surface area contributed by atoms with Crippen molar-refractivity contribution in [2.75, 3.05) is 19.6 Å². The van der Waals surface area contributed by atoms with Crippen molar-refractivity contribution in [1.29, 1.82) is 0 Å². The van der Waals surface area contributed by atoms with Crippen LogP contribution in [0.15, 0.2) is 30.3 Å². The Hall–Kier alpha value is -1.10. The van der Waals surface area contributed by atoms with Crippen molar-refractivity contribution >= 4 is 18.3 Å². The van der Waals surface area contributed by atoms with Gasteiger partial charge in [-0.1, -0.05) is 37.3 Å². The van der Waals surface area contributed by atoms with Crippen LogP contribution >= 0.6 is 12.4 Å². The highest BCUT2D eigenvalue weighted by Gasteiger charge is 2.26. The summed E-state index contributed by atoms with van der Waals surface area (Å²) in [4.78, 5) is 14.5. The molecule has 0 saturated carbocycles. The summed E-state index contributed by atoms with van der Waals surface area (Å²) in [7, 11) is 0. The molecule has 1 heterocycles. The van der Waals surface area contributed by atoms with E-state index in [1.807, 2.05) is 37.3 Å². The van der Waals surface area contributed by atoms with Gasteiger partial charge >= 0.3 is 0 Å². The highest BCUT2D eigenvalue weighted by molar-refractivity contribution is 5.85. The Morgan fingerprint density at radius 3 is 2.73 bits per heavy atom. The zero-order valence-corrected chi connectivity index (χ0v) is 14.3. The number of piperidine rings is 1. The van der Waals surface area contributed by atoms with E-state index in [1.54, 1.807) is 0 Å². The van der Waals surface area contributed by atoms with Gasteiger partial charge in [0.25, 0.3) is 0 Å². The van der Waals surface area contributed by atoms with Gasteiger partial charge in [-0.2, -0.15) is 0 Å². The van der Waals surface area contributed by atoms with E-state index in [0.29, 0.717) is 25.0 Å². The highest BCUT2D eigenvalue weighted by atomic mass is 35.5. The van der Waals surface area contributed by atoms with E-state index in [4.69, 9.17) is 5.73 Å². The summed E-state index contributed by atoms with van der Waals surface area (Å²) in [6.07, 6.45) is 2.25. The summed E-state index contributed by atoms with van der Waals surface area (Å²) < 4.78 is 0. The number of hydrogen-bond acceptors (Lipinski definition) is 3. The SMILES string of the molecule is CC1CCN(CC(=O)NC(C)c2ccccc2)C(CN)C1.Cl. The standard InChI is InChI=1S/C17H27N3O.ClH/c1-13-8-9-20(16(10-13)11-18)12-17(21)19-14(2)15-6-4-3-5-7-15;/h3-7,13-14,16H,8-12,18H2,1-2H3,(H,19,21);1H. The third kappa shape index (κ3) is 5.27. The van der Waals surface area contributed by atoms with E-state index in [2.05, 4.69) is 17.1 Å². The Morgan fingerprint density at radius 2 is 2.09 bits per heavy atom. The Morgan fingerprint density at radius 1 is 1.41 bits per heavy atom. The minimum atomic E-state index is 0. The fourth-order valence-corrected chi connectivity index (χ4v) is 3.05. The summed E-state index contributed by atoms with van der Waals surface area (Å²) in [5.41, 5.74) is 6.98. The zero-order valence-electron chi connectivity index (χ0n) is 13.5. The molecule has 1 aromatic carbocycles. The Bertz CT molecular complexity index is 454. The highest BCUT2D eigenvalue weighted by Crippen LogP contribution is 2.21. The molecule has 124 valence electrons. The third-order valence-electron chi connectivity index (χ3n) is 4.40. The molecule has 0 radical (unpaired) electrons. The first-order valence-corrected chi connectivity index (χ1v) is 7.88. The predicted octanol–water partition coefficient (Wildman–Crippen LogP) is 2.34. The van der Waals surface area contributed by atoms with Crippen LogP contribution < -0.4 is 11.1 Å². The van der Waals surface area contributed by atoms with Gasteiger partial charge < -0.3 is 11.1 Å². The van der Waals surface area contributed by atoms with Crippen LogP contribution in [0.5, 0.6) is 0 Å². The van der Waals surface area contributed by atoms with E-state index in [9.17, 15) is 4.79 Å². The lowest BCUT2D eigenvalue weighted by molar-refractivity contribution is -0.123. The molecule has 1 saturated heterocycles. The maximum Gasteiger partial charge on any atom is 0.234 e. The van der Waals surface area contributed by atoms with Crippen LogP contribution in [0.4, 0.5) is 0 Å². The average Bonchev–Trinajstić information content (AvgIpc) is 2.49. The number of carbonyl (C=O) groups excluding carboxylic acids is 1. The number of benzene rings is 1. The molecule has 1 amide bonds. The van der Waals surface area contributed by atoms with Crippen molar-refractivity contribution < 1.29 is 4.79 Å². The third-order valence-corrected chi connectivity index (χ3v) is 4.40. The van der Waals surface area contributed by atoms with Gasteiger partial charge in [0.15, 0.2) is 0 Å². The molecular weight excluding hydrogens is 298 g/mol. The molecule has 0 bridgehead atoms. The minimum absolute atomic E-state index is 0. The first-order valence-electron chi connectivity index (χ1n) is 7.88. The van der Waals surface area contributed by atoms with Crippen LogP contribution in [0.3, 0.4) is 0 Å². The molecule has 1 aliphatic rings. The molecule has 1 aromatic rings. The van der Waals surface area contributed by atoms with E-state index < -0.39 is 0 Å². The van der Waals surface area contributed by atoms with E-state index in [0.717, 1.165) is 24.9 Å². The number of halogens is 1. The van der Waals surface area contributed by atoms with E-state index in [-0.39, 0.29) is 24.4 Å². The molecule has 0 aliphatic carbocycles. The quantitative estimate of drug-likeness (QED) is 0.873. The number of amides is 1. The molecule has 5 heteroatoms. The topological polar surface area (TPSA) is 58.4 Å². The number of nitrogens with zero attached hydrogens (tertiary/aromatic N) is 1. The van der Waals surface area contributed by atoms with Gasteiger partial charge in [-0.3, -0.25) is 9.69 Å². The van der Waals surface area contributed by atoms with Gasteiger partial charge in [0.1, 0.15) is 0 Å². The summed E-state index contributed by atoms with van der Waals surface area (Å²) in [5.74, 6) is 0.792. The molecular formula is C17H28ClN3O. The monoisotopic (exact) mass is 325 g/mol. The fraction of sp³-hybridized carbons (Fsp3) is 0.588. The lowest BCUT2D eigenvalue weighted by Gasteiger charge is -2.37. The normalized spacial score (nSPS) is 23.4. The van der Waals surface area contributed by atoms with Gasteiger partial charge in [-0.05, 0) is 37.8 Å². The molecule has 1 aliphatic heterocycles. The summed E-state index contributed by atoms with van der Waals surface area (Å²) in [6.45, 7) is 6.33.